The van der Waals surface area contributed by atoms with Crippen LogP contribution in [-0.4, -0.2) is 81.8 Å². The van der Waals surface area contributed by atoms with Crippen molar-refractivity contribution in [1.29, 1.82) is 0 Å². The lowest BCUT2D eigenvalue weighted by Gasteiger charge is -2.30. The van der Waals surface area contributed by atoms with Gasteiger partial charge in [-0.25, -0.2) is 0 Å². The van der Waals surface area contributed by atoms with Crippen molar-refractivity contribution in [2.75, 3.05) is 13.1 Å². The fourth-order valence-corrected chi connectivity index (χ4v) is 6.44. The van der Waals surface area contributed by atoms with Gasteiger partial charge in [0.05, 0.1) is 6.54 Å². The molecule has 1 aromatic heterocycles. The Kier molecular flexibility index (Phi) is 9.70. The molecule has 12 nitrogen and oxygen atoms in total. The van der Waals surface area contributed by atoms with Crippen LogP contribution in [0.25, 0.3) is 10.9 Å². The number of aromatic hydroxyl groups is 1. The standard InChI is InChI=1S/C36H38N6O6/c43-25-14-12-23(13-15-25)18-30-36(48)42-16-6-11-31(42)35(47)41-29(19-24-20-37-27-10-5-4-9-26(24)27)34(46)40-28(17-22-7-2-1-3-8-22)33(45)38-21-32(44)39-30/h1-5,7-10,12-15,20,28-31,37,43H,6,11,16-19,21H2,(H,38,45)(H,39,44)(H,40,46)(H,41,47)/t28-,29-,30-,31-/m0/s1. The molecule has 0 radical (unpaired) electrons. The predicted octanol–water partition coefficient (Wildman–Crippen LogP) is 1.48. The largest absolute Gasteiger partial charge is 0.508 e. The van der Waals surface area contributed by atoms with Crippen LogP contribution in [-0.2, 0) is 43.2 Å². The van der Waals surface area contributed by atoms with Gasteiger partial charge in [0.15, 0.2) is 0 Å². The number of aromatic amines is 1. The summed E-state index contributed by atoms with van der Waals surface area (Å²) in [6.07, 6.45) is 3.12. The molecule has 0 unspecified atom stereocenters. The molecule has 0 aliphatic carbocycles. The maximum atomic E-state index is 14.0. The second-order valence-electron chi connectivity index (χ2n) is 12.3. The van der Waals surface area contributed by atoms with Gasteiger partial charge in [-0.2, -0.15) is 0 Å². The number of hydrogen-bond donors (Lipinski definition) is 6. The normalized spacial score (nSPS) is 22.6. The van der Waals surface area contributed by atoms with Gasteiger partial charge in [-0.1, -0.05) is 60.7 Å². The quantitative estimate of drug-likeness (QED) is 0.185. The summed E-state index contributed by atoms with van der Waals surface area (Å²) in [4.78, 5) is 73.3. The smallest absolute Gasteiger partial charge is 0.246 e. The van der Waals surface area contributed by atoms with Crippen molar-refractivity contribution in [3.05, 3.63) is 102 Å². The Morgan fingerprint density at radius 1 is 0.688 bits per heavy atom. The first kappa shape index (κ1) is 32.3. The van der Waals surface area contributed by atoms with Gasteiger partial charge in [0.1, 0.15) is 29.9 Å². The molecule has 0 spiro atoms. The highest BCUT2D eigenvalue weighted by atomic mass is 16.3. The predicted molar refractivity (Wildman–Crippen MR) is 177 cm³/mol. The maximum absolute atomic E-state index is 14.0. The first-order valence-electron chi connectivity index (χ1n) is 16.1. The van der Waals surface area contributed by atoms with Crippen molar-refractivity contribution in [1.82, 2.24) is 31.2 Å². The number of phenols is 1. The molecule has 6 N–H and O–H groups in total. The number of phenolic OH excluding ortho intramolecular Hbond substituents is 1. The number of hydrogen-bond acceptors (Lipinski definition) is 6. The molecule has 2 saturated heterocycles. The van der Waals surface area contributed by atoms with Crippen molar-refractivity contribution in [2.45, 2.75) is 56.3 Å². The Hall–Kier alpha value is -5.65. The summed E-state index contributed by atoms with van der Waals surface area (Å²) in [7, 11) is 0. The minimum Gasteiger partial charge on any atom is -0.508 e. The fraction of sp³-hybridized carbons (Fsp3) is 0.306. The highest BCUT2D eigenvalue weighted by molar-refractivity contribution is 5.98. The average molecular weight is 651 g/mol. The topological polar surface area (TPSA) is 173 Å². The summed E-state index contributed by atoms with van der Waals surface area (Å²) in [6, 6.07) is 19.1. The number of nitrogens with one attached hydrogen (secondary N) is 5. The highest BCUT2D eigenvalue weighted by Gasteiger charge is 2.39. The number of para-hydroxylation sites is 1. The number of aromatic nitrogens is 1. The third kappa shape index (κ3) is 7.49. The third-order valence-electron chi connectivity index (χ3n) is 8.92. The van der Waals surface area contributed by atoms with E-state index in [4.69, 9.17) is 0 Å². The zero-order chi connectivity index (χ0) is 33.6. The number of fused-ring (bicyclic) bond motifs is 2. The third-order valence-corrected chi connectivity index (χ3v) is 8.92. The van der Waals surface area contributed by atoms with Gasteiger partial charge in [-0.3, -0.25) is 24.0 Å². The van der Waals surface area contributed by atoms with Crippen molar-refractivity contribution >= 4 is 40.4 Å². The number of amides is 5. The van der Waals surface area contributed by atoms with E-state index < -0.39 is 60.2 Å². The lowest BCUT2D eigenvalue weighted by Crippen LogP contribution is -2.58. The van der Waals surface area contributed by atoms with Gasteiger partial charge in [0.2, 0.25) is 29.5 Å². The monoisotopic (exact) mass is 650 g/mol. The Morgan fingerprint density at radius 2 is 1.35 bits per heavy atom. The molecule has 248 valence electrons. The lowest BCUT2D eigenvalue weighted by molar-refractivity contribution is -0.142. The molecule has 0 bridgehead atoms. The van der Waals surface area contributed by atoms with E-state index in [1.807, 2.05) is 54.6 Å². The number of rotatable bonds is 6. The SMILES string of the molecule is O=C1CNC(=O)[C@H](Cc2ccccc2)NC(=O)[C@H](Cc2c[nH]c3ccccc23)NC(=O)[C@@H]2CCCN2C(=O)[C@H](Cc2ccc(O)cc2)N1. The molecule has 5 amide bonds. The van der Waals surface area contributed by atoms with E-state index in [0.29, 0.717) is 24.9 Å². The van der Waals surface area contributed by atoms with E-state index >= 15 is 0 Å². The molecule has 4 atom stereocenters. The maximum Gasteiger partial charge on any atom is 0.246 e. The first-order valence-corrected chi connectivity index (χ1v) is 16.1. The van der Waals surface area contributed by atoms with Gasteiger partial charge in [-0.05, 0) is 47.7 Å². The fourth-order valence-electron chi connectivity index (χ4n) is 6.44. The van der Waals surface area contributed by atoms with Gasteiger partial charge < -0.3 is 36.3 Å². The molecule has 0 saturated carbocycles. The van der Waals surface area contributed by atoms with Crippen LogP contribution >= 0.6 is 0 Å². The van der Waals surface area contributed by atoms with Crippen molar-refractivity contribution in [2.24, 2.45) is 0 Å². The molecule has 4 aromatic rings. The number of nitrogens with zero attached hydrogens (tertiary/aromatic N) is 1. The van der Waals surface area contributed by atoms with E-state index in [1.54, 1.807) is 18.3 Å². The summed E-state index contributed by atoms with van der Waals surface area (Å²) < 4.78 is 0. The first-order chi connectivity index (χ1) is 23.2. The summed E-state index contributed by atoms with van der Waals surface area (Å²) in [5, 5.41) is 21.7. The van der Waals surface area contributed by atoms with E-state index in [-0.39, 0.29) is 25.0 Å². The van der Waals surface area contributed by atoms with Crippen LogP contribution in [0.5, 0.6) is 5.75 Å². The Balaban J connectivity index is 1.33. The number of benzene rings is 3. The van der Waals surface area contributed by atoms with Crippen LogP contribution in [0, 0.1) is 0 Å². The Bertz CT molecular complexity index is 1810. The number of carbonyl (C=O) groups excluding carboxylic acids is 5. The van der Waals surface area contributed by atoms with Gasteiger partial charge >= 0.3 is 0 Å². The van der Waals surface area contributed by atoms with Crippen LogP contribution in [0.4, 0.5) is 0 Å². The molecular weight excluding hydrogens is 612 g/mol. The molecule has 48 heavy (non-hydrogen) atoms. The van der Waals surface area contributed by atoms with E-state index in [0.717, 1.165) is 22.0 Å². The van der Waals surface area contributed by atoms with Gasteiger partial charge in [-0.15, -0.1) is 0 Å². The molecule has 2 fully saturated rings. The van der Waals surface area contributed by atoms with Crippen LogP contribution in [0.15, 0.2) is 85.1 Å². The van der Waals surface area contributed by atoms with E-state index in [9.17, 15) is 29.1 Å². The number of H-pyrrole nitrogens is 1. The van der Waals surface area contributed by atoms with Crippen molar-refractivity contribution in [3.8, 4) is 5.75 Å². The minimum atomic E-state index is -1.07. The molecule has 3 aromatic carbocycles. The summed E-state index contributed by atoms with van der Waals surface area (Å²) in [6.45, 7) is -0.132. The van der Waals surface area contributed by atoms with Crippen LogP contribution < -0.4 is 21.3 Å². The molecule has 6 rings (SSSR count). The zero-order valence-electron chi connectivity index (χ0n) is 26.3. The minimum absolute atomic E-state index is 0.0607. The molecule has 2 aliphatic rings. The molecule has 12 heteroatoms. The Labute approximate surface area is 277 Å². The average Bonchev–Trinajstić information content (AvgIpc) is 3.75. The van der Waals surface area contributed by atoms with Crippen molar-refractivity contribution < 1.29 is 29.1 Å². The summed E-state index contributed by atoms with van der Waals surface area (Å²) in [5.41, 5.74) is 3.15. The summed E-state index contributed by atoms with van der Waals surface area (Å²) >= 11 is 0. The van der Waals surface area contributed by atoms with Crippen LogP contribution in [0.1, 0.15) is 29.5 Å². The second kappa shape index (κ2) is 14.4. The van der Waals surface area contributed by atoms with Crippen LogP contribution in [0.3, 0.4) is 0 Å². The van der Waals surface area contributed by atoms with Gasteiger partial charge in [0, 0.05) is 42.9 Å². The number of carbonyl (C=O) groups is 5. The Morgan fingerprint density at radius 3 is 2.15 bits per heavy atom. The van der Waals surface area contributed by atoms with E-state index in [2.05, 4.69) is 26.3 Å². The molecule has 3 heterocycles. The molecular formula is C36H38N6O6. The lowest BCUT2D eigenvalue weighted by atomic mass is 10.0. The highest BCUT2D eigenvalue weighted by Crippen LogP contribution is 2.23. The summed E-state index contributed by atoms with van der Waals surface area (Å²) in [5.74, 6) is -2.63. The molecule has 2 aliphatic heterocycles. The zero-order valence-corrected chi connectivity index (χ0v) is 26.3. The van der Waals surface area contributed by atoms with E-state index in [1.165, 1.54) is 17.0 Å². The van der Waals surface area contributed by atoms with Crippen LogP contribution in [0.2, 0.25) is 0 Å². The van der Waals surface area contributed by atoms with Crippen molar-refractivity contribution in [3.63, 3.8) is 0 Å². The second-order valence-corrected chi connectivity index (χ2v) is 12.3. The van der Waals surface area contributed by atoms with Gasteiger partial charge in [0.25, 0.3) is 0 Å².